The van der Waals surface area contributed by atoms with E-state index in [0.717, 1.165) is 0 Å². The Kier molecular flexibility index (Phi) is 4.54. The molecule has 0 atom stereocenters. The van der Waals surface area contributed by atoms with Crippen molar-refractivity contribution >= 4 is 34.8 Å². The van der Waals surface area contributed by atoms with Crippen LogP contribution in [0.3, 0.4) is 0 Å². The van der Waals surface area contributed by atoms with Gasteiger partial charge in [-0.3, -0.25) is 0 Å². The number of hydrogen-bond donors (Lipinski definition) is 1. The lowest BCUT2D eigenvalue weighted by atomic mass is 10.1. The van der Waals surface area contributed by atoms with E-state index in [1.807, 2.05) is 0 Å². The Morgan fingerprint density at radius 2 is 1.75 bits per heavy atom. The Bertz CT molecular complexity index is 618. The fourth-order valence-corrected chi connectivity index (χ4v) is 2.14. The molecule has 0 aliphatic rings. The minimum atomic E-state index is -0.0434. The van der Waals surface area contributed by atoms with Gasteiger partial charge in [0.2, 0.25) is 0 Å². The van der Waals surface area contributed by atoms with Gasteiger partial charge >= 0.3 is 0 Å². The largest absolute Gasteiger partial charge is 0.305 e. The monoisotopic (exact) mass is 333 g/mol. The summed E-state index contributed by atoms with van der Waals surface area (Å²) in [6, 6.07) is 3.21. The first-order valence-electron chi connectivity index (χ1n) is 5.95. The maximum absolute atomic E-state index is 6.18. The van der Waals surface area contributed by atoms with E-state index in [1.54, 1.807) is 16.8 Å². The van der Waals surface area contributed by atoms with Crippen LogP contribution in [0.2, 0.25) is 15.1 Å². The standard InChI is InChI=1S/C12H14Cl3N5/c1-12(2,3)16-6-11-17-18-19-20(11)10-5-8(14)7(13)4-9(10)15/h4-5,16H,6H2,1-3H3. The SMILES string of the molecule is CC(C)(C)NCc1nnnn1-c1cc(Cl)c(Cl)cc1Cl. The van der Waals surface area contributed by atoms with Crippen molar-refractivity contribution < 1.29 is 0 Å². The molecule has 0 aliphatic carbocycles. The van der Waals surface area contributed by atoms with Gasteiger partial charge in [0.15, 0.2) is 5.82 Å². The van der Waals surface area contributed by atoms with Crippen LogP contribution in [-0.2, 0) is 6.54 Å². The maximum Gasteiger partial charge on any atom is 0.170 e. The molecule has 1 N–H and O–H groups in total. The van der Waals surface area contributed by atoms with E-state index in [2.05, 4.69) is 41.6 Å². The summed E-state index contributed by atoms with van der Waals surface area (Å²) in [6.07, 6.45) is 0. The van der Waals surface area contributed by atoms with E-state index in [4.69, 9.17) is 34.8 Å². The highest BCUT2D eigenvalue weighted by molar-refractivity contribution is 6.43. The van der Waals surface area contributed by atoms with Crippen molar-refractivity contribution in [2.24, 2.45) is 0 Å². The first kappa shape index (κ1) is 15.5. The highest BCUT2D eigenvalue weighted by atomic mass is 35.5. The zero-order valence-corrected chi connectivity index (χ0v) is 13.6. The molecule has 0 radical (unpaired) electrons. The average molecular weight is 335 g/mol. The molecule has 2 rings (SSSR count). The zero-order chi connectivity index (χ0) is 14.9. The maximum atomic E-state index is 6.18. The highest BCUT2D eigenvalue weighted by Crippen LogP contribution is 2.31. The number of halogens is 3. The van der Waals surface area contributed by atoms with E-state index in [-0.39, 0.29) is 5.54 Å². The molecule has 0 aliphatic heterocycles. The summed E-state index contributed by atoms with van der Waals surface area (Å²) >= 11 is 18.1. The lowest BCUT2D eigenvalue weighted by Crippen LogP contribution is -2.36. The summed E-state index contributed by atoms with van der Waals surface area (Å²) in [5.74, 6) is 0.639. The molecule has 0 saturated carbocycles. The molecule has 0 unspecified atom stereocenters. The van der Waals surface area contributed by atoms with E-state index < -0.39 is 0 Å². The molecule has 2 aromatic rings. The van der Waals surface area contributed by atoms with Crippen molar-refractivity contribution in [1.82, 2.24) is 25.5 Å². The predicted molar refractivity (Wildman–Crippen MR) is 80.8 cm³/mol. The van der Waals surface area contributed by atoms with Gasteiger partial charge in [-0.2, -0.15) is 4.68 Å². The van der Waals surface area contributed by atoms with E-state index in [1.165, 1.54) is 0 Å². The Hall–Kier alpha value is -0.880. The second kappa shape index (κ2) is 5.85. The number of aromatic nitrogens is 4. The lowest BCUT2D eigenvalue weighted by molar-refractivity contribution is 0.415. The summed E-state index contributed by atoms with van der Waals surface area (Å²) < 4.78 is 1.54. The third-order valence-corrected chi connectivity index (χ3v) is 3.55. The Balaban J connectivity index is 2.35. The molecule has 8 heteroatoms. The van der Waals surface area contributed by atoms with Gasteiger partial charge in [0.25, 0.3) is 0 Å². The van der Waals surface area contributed by atoms with Gasteiger partial charge < -0.3 is 5.32 Å². The van der Waals surface area contributed by atoms with Gasteiger partial charge in [0.1, 0.15) is 0 Å². The minimum absolute atomic E-state index is 0.0434. The lowest BCUT2D eigenvalue weighted by Gasteiger charge is -2.20. The molecule has 0 amide bonds. The molecule has 5 nitrogen and oxygen atoms in total. The van der Waals surface area contributed by atoms with E-state index in [0.29, 0.717) is 33.1 Å². The third-order valence-electron chi connectivity index (χ3n) is 2.53. The van der Waals surface area contributed by atoms with Crippen LogP contribution in [-0.4, -0.2) is 25.7 Å². The summed E-state index contributed by atoms with van der Waals surface area (Å²) in [7, 11) is 0. The van der Waals surface area contributed by atoms with Crippen LogP contribution in [0.4, 0.5) is 0 Å². The fourth-order valence-electron chi connectivity index (χ4n) is 1.52. The normalized spacial score (nSPS) is 11.9. The molecule has 0 spiro atoms. The quantitative estimate of drug-likeness (QED) is 0.873. The van der Waals surface area contributed by atoms with Gasteiger partial charge in [-0.1, -0.05) is 34.8 Å². The highest BCUT2D eigenvalue weighted by Gasteiger charge is 2.16. The second-order valence-corrected chi connectivity index (χ2v) is 6.55. The van der Waals surface area contributed by atoms with Gasteiger partial charge in [-0.25, -0.2) is 0 Å². The smallest absolute Gasteiger partial charge is 0.170 e. The van der Waals surface area contributed by atoms with Crippen molar-refractivity contribution in [3.05, 3.63) is 33.0 Å². The molecular weight excluding hydrogens is 321 g/mol. The molecule has 1 aromatic carbocycles. The fraction of sp³-hybridized carbons (Fsp3) is 0.417. The average Bonchev–Trinajstić information content (AvgIpc) is 2.78. The van der Waals surface area contributed by atoms with Gasteiger partial charge in [0, 0.05) is 5.54 Å². The van der Waals surface area contributed by atoms with Crippen LogP contribution in [0.5, 0.6) is 0 Å². The van der Waals surface area contributed by atoms with Crippen molar-refractivity contribution in [2.45, 2.75) is 32.9 Å². The molecule has 108 valence electrons. The first-order chi connectivity index (χ1) is 9.28. The Labute approximate surface area is 132 Å². The topological polar surface area (TPSA) is 55.6 Å². The van der Waals surface area contributed by atoms with Crippen LogP contribution in [0.25, 0.3) is 5.69 Å². The molecule has 0 bridgehead atoms. The minimum Gasteiger partial charge on any atom is -0.305 e. The van der Waals surface area contributed by atoms with Gasteiger partial charge in [-0.15, -0.1) is 5.10 Å². The molecule has 0 saturated heterocycles. The molecule has 0 fully saturated rings. The van der Waals surface area contributed by atoms with Crippen molar-refractivity contribution in [2.75, 3.05) is 0 Å². The van der Waals surface area contributed by atoms with Gasteiger partial charge in [0.05, 0.1) is 27.3 Å². The zero-order valence-electron chi connectivity index (χ0n) is 11.3. The summed E-state index contributed by atoms with van der Waals surface area (Å²) in [6.45, 7) is 6.70. The number of nitrogens with zero attached hydrogens (tertiary/aromatic N) is 4. The number of hydrogen-bond acceptors (Lipinski definition) is 4. The second-order valence-electron chi connectivity index (χ2n) is 5.33. The molecule has 1 aromatic heterocycles. The van der Waals surface area contributed by atoms with E-state index >= 15 is 0 Å². The van der Waals surface area contributed by atoms with Crippen LogP contribution in [0.15, 0.2) is 12.1 Å². The predicted octanol–water partition coefficient (Wildman–Crippen LogP) is 3.51. The van der Waals surface area contributed by atoms with Crippen molar-refractivity contribution in [3.63, 3.8) is 0 Å². The molecule has 1 heterocycles. The number of nitrogens with one attached hydrogen (secondary N) is 1. The summed E-state index contributed by atoms with van der Waals surface area (Å²) in [5, 5.41) is 16.2. The van der Waals surface area contributed by atoms with Crippen LogP contribution in [0, 0.1) is 0 Å². The van der Waals surface area contributed by atoms with Crippen LogP contribution >= 0.6 is 34.8 Å². The van der Waals surface area contributed by atoms with Crippen LogP contribution in [0.1, 0.15) is 26.6 Å². The van der Waals surface area contributed by atoms with Crippen molar-refractivity contribution in [3.8, 4) is 5.69 Å². The first-order valence-corrected chi connectivity index (χ1v) is 7.08. The molecular formula is C12H14Cl3N5. The Morgan fingerprint density at radius 1 is 1.10 bits per heavy atom. The number of rotatable bonds is 3. The van der Waals surface area contributed by atoms with Crippen LogP contribution < -0.4 is 5.32 Å². The summed E-state index contributed by atoms with van der Waals surface area (Å²) in [4.78, 5) is 0. The van der Waals surface area contributed by atoms with Gasteiger partial charge in [-0.05, 0) is 43.3 Å². The Morgan fingerprint density at radius 3 is 2.40 bits per heavy atom. The summed E-state index contributed by atoms with van der Waals surface area (Å²) in [5.41, 5.74) is 0.551. The number of benzene rings is 1. The number of tetrazole rings is 1. The molecule has 20 heavy (non-hydrogen) atoms. The van der Waals surface area contributed by atoms with Crippen molar-refractivity contribution in [1.29, 1.82) is 0 Å². The van der Waals surface area contributed by atoms with E-state index in [9.17, 15) is 0 Å². The third kappa shape index (κ3) is 3.61.